The molecule has 2 heterocycles. The number of pyridine rings is 1. The van der Waals surface area contributed by atoms with Crippen LogP contribution in [0.5, 0.6) is 0 Å². The minimum atomic E-state index is 0.185. The second kappa shape index (κ2) is 6.07. The minimum Gasteiger partial charge on any atom is -0.304 e. The number of likely N-dealkylation sites (N-methyl/N-ethyl adjacent to an activating group) is 1. The summed E-state index contributed by atoms with van der Waals surface area (Å²) in [6.45, 7) is 5.83. The Morgan fingerprint density at radius 1 is 1.39 bits per heavy atom. The number of ketones is 1. The van der Waals surface area contributed by atoms with E-state index in [9.17, 15) is 4.79 Å². The fraction of sp³-hybridized carbons (Fsp3) is 0.571. The lowest BCUT2D eigenvalue weighted by molar-refractivity contribution is -0.118. The smallest absolute Gasteiger partial charge is 0.131 e. The average molecular weight is 247 g/mol. The normalized spacial score (nSPS) is 19.7. The van der Waals surface area contributed by atoms with Crippen LogP contribution in [0.1, 0.15) is 24.9 Å². The standard InChI is InChI=1S/C14H21N3O/c1-12(18)10-14(13-4-3-5-15-11-13)17-8-6-16(2)7-9-17/h3-5,11,14H,6-10H2,1-2H3. The second-order valence-corrected chi connectivity index (χ2v) is 5.05. The highest BCUT2D eigenvalue weighted by Crippen LogP contribution is 2.24. The van der Waals surface area contributed by atoms with E-state index in [2.05, 4.69) is 27.9 Å². The number of Topliss-reactive ketones (excluding diaryl/α,β-unsaturated/α-hetero) is 1. The number of carbonyl (C=O) groups is 1. The van der Waals surface area contributed by atoms with Gasteiger partial charge in [0.2, 0.25) is 0 Å². The number of carbonyl (C=O) groups excluding carboxylic acids is 1. The molecule has 4 nitrogen and oxygen atoms in total. The Kier molecular flexibility index (Phi) is 4.44. The summed E-state index contributed by atoms with van der Waals surface area (Å²) in [7, 11) is 2.14. The molecule has 1 aliphatic heterocycles. The molecule has 0 spiro atoms. The quantitative estimate of drug-likeness (QED) is 0.804. The van der Waals surface area contributed by atoms with Gasteiger partial charge in [0, 0.05) is 51.0 Å². The van der Waals surface area contributed by atoms with E-state index in [-0.39, 0.29) is 11.8 Å². The molecule has 0 radical (unpaired) electrons. The first kappa shape index (κ1) is 13.2. The van der Waals surface area contributed by atoms with Crippen LogP contribution in [0.15, 0.2) is 24.5 Å². The van der Waals surface area contributed by atoms with Gasteiger partial charge in [0.05, 0.1) is 0 Å². The molecule has 1 atom stereocenters. The highest BCUT2D eigenvalue weighted by molar-refractivity contribution is 5.76. The van der Waals surface area contributed by atoms with Gasteiger partial charge in [-0.2, -0.15) is 0 Å². The summed E-state index contributed by atoms with van der Waals surface area (Å²) in [5.74, 6) is 0.239. The van der Waals surface area contributed by atoms with E-state index in [1.165, 1.54) is 0 Å². The fourth-order valence-corrected chi connectivity index (χ4v) is 2.44. The zero-order chi connectivity index (χ0) is 13.0. The Labute approximate surface area is 109 Å². The summed E-state index contributed by atoms with van der Waals surface area (Å²) in [4.78, 5) is 20.4. The molecule has 18 heavy (non-hydrogen) atoms. The van der Waals surface area contributed by atoms with Gasteiger partial charge in [-0.05, 0) is 25.6 Å². The summed E-state index contributed by atoms with van der Waals surface area (Å²) in [6, 6.07) is 4.20. The third-order valence-corrected chi connectivity index (χ3v) is 3.53. The average Bonchev–Trinajstić information content (AvgIpc) is 2.38. The summed E-state index contributed by atoms with van der Waals surface area (Å²) >= 11 is 0. The van der Waals surface area contributed by atoms with Crippen molar-refractivity contribution < 1.29 is 4.79 Å². The number of hydrogen-bond donors (Lipinski definition) is 0. The largest absolute Gasteiger partial charge is 0.304 e. The van der Waals surface area contributed by atoms with Crippen molar-refractivity contribution in [1.29, 1.82) is 0 Å². The molecule has 4 heteroatoms. The summed E-state index contributed by atoms with van der Waals surface area (Å²) < 4.78 is 0. The molecule has 1 saturated heterocycles. The van der Waals surface area contributed by atoms with E-state index < -0.39 is 0 Å². The molecule has 1 aromatic rings. The lowest BCUT2D eigenvalue weighted by atomic mass is 10.0. The van der Waals surface area contributed by atoms with Crippen LogP contribution in [0, 0.1) is 0 Å². The number of piperazine rings is 1. The monoisotopic (exact) mass is 247 g/mol. The Bertz CT molecular complexity index is 385. The van der Waals surface area contributed by atoms with Crippen molar-refractivity contribution in [3.63, 3.8) is 0 Å². The molecule has 0 saturated carbocycles. The molecule has 1 aromatic heterocycles. The van der Waals surface area contributed by atoms with E-state index in [1.807, 2.05) is 12.3 Å². The van der Waals surface area contributed by atoms with Gasteiger partial charge in [-0.25, -0.2) is 0 Å². The molecule has 0 aromatic carbocycles. The van der Waals surface area contributed by atoms with Crippen LogP contribution in [0.25, 0.3) is 0 Å². The van der Waals surface area contributed by atoms with Crippen LogP contribution in [-0.2, 0) is 4.79 Å². The molecule has 98 valence electrons. The highest BCUT2D eigenvalue weighted by Gasteiger charge is 2.24. The van der Waals surface area contributed by atoms with Gasteiger partial charge in [0.15, 0.2) is 0 Å². The Morgan fingerprint density at radius 3 is 2.67 bits per heavy atom. The molecule has 1 unspecified atom stereocenters. The van der Waals surface area contributed by atoms with Crippen molar-refractivity contribution in [2.45, 2.75) is 19.4 Å². The van der Waals surface area contributed by atoms with Crippen molar-refractivity contribution in [2.75, 3.05) is 33.2 Å². The SMILES string of the molecule is CC(=O)CC(c1cccnc1)N1CCN(C)CC1. The van der Waals surface area contributed by atoms with Crippen molar-refractivity contribution in [3.05, 3.63) is 30.1 Å². The maximum absolute atomic E-state index is 11.5. The molecule has 0 bridgehead atoms. The van der Waals surface area contributed by atoms with Crippen molar-refractivity contribution in [3.8, 4) is 0 Å². The third kappa shape index (κ3) is 3.37. The first-order chi connectivity index (χ1) is 8.66. The topological polar surface area (TPSA) is 36.4 Å². The first-order valence-corrected chi connectivity index (χ1v) is 6.49. The van der Waals surface area contributed by atoms with Crippen LogP contribution >= 0.6 is 0 Å². The maximum Gasteiger partial charge on any atom is 0.131 e. The Morgan fingerprint density at radius 2 is 2.11 bits per heavy atom. The van der Waals surface area contributed by atoms with Crippen molar-refractivity contribution >= 4 is 5.78 Å². The molecule has 1 aliphatic rings. The van der Waals surface area contributed by atoms with E-state index >= 15 is 0 Å². The van der Waals surface area contributed by atoms with E-state index in [0.717, 1.165) is 31.7 Å². The lowest BCUT2D eigenvalue weighted by Gasteiger charge is -2.37. The van der Waals surface area contributed by atoms with E-state index in [1.54, 1.807) is 13.1 Å². The number of aromatic nitrogens is 1. The molecule has 1 fully saturated rings. The minimum absolute atomic E-state index is 0.185. The highest BCUT2D eigenvalue weighted by atomic mass is 16.1. The van der Waals surface area contributed by atoms with Crippen LogP contribution in [0.3, 0.4) is 0 Å². The predicted octanol–water partition coefficient (Wildman–Crippen LogP) is 1.35. The molecule has 0 aliphatic carbocycles. The second-order valence-electron chi connectivity index (χ2n) is 5.05. The number of nitrogens with zero attached hydrogens (tertiary/aromatic N) is 3. The zero-order valence-electron chi connectivity index (χ0n) is 11.2. The van der Waals surface area contributed by atoms with Crippen molar-refractivity contribution in [1.82, 2.24) is 14.8 Å². The lowest BCUT2D eigenvalue weighted by Crippen LogP contribution is -2.46. The van der Waals surface area contributed by atoms with Gasteiger partial charge in [0.25, 0.3) is 0 Å². The van der Waals surface area contributed by atoms with Gasteiger partial charge >= 0.3 is 0 Å². The number of hydrogen-bond acceptors (Lipinski definition) is 4. The van der Waals surface area contributed by atoms with E-state index in [4.69, 9.17) is 0 Å². The summed E-state index contributed by atoms with van der Waals surface area (Å²) in [6.07, 6.45) is 4.24. The molecule has 0 amide bonds. The molecule has 0 N–H and O–H groups in total. The third-order valence-electron chi connectivity index (χ3n) is 3.53. The fourth-order valence-electron chi connectivity index (χ4n) is 2.44. The predicted molar refractivity (Wildman–Crippen MR) is 71.3 cm³/mol. The van der Waals surface area contributed by atoms with Crippen LogP contribution < -0.4 is 0 Å². The van der Waals surface area contributed by atoms with Gasteiger partial charge in [-0.3, -0.25) is 14.7 Å². The summed E-state index contributed by atoms with van der Waals surface area (Å²) in [5.41, 5.74) is 1.15. The molecular formula is C14H21N3O. The first-order valence-electron chi connectivity index (χ1n) is 6.49. The van der Waals surface area contributed by atoms with Gasteiger partial charge in [-0.15, -0.1) is 0 Å². The van der Waals surface area contributed by atoms with Crippen LogP contribution in [0.2, 0.25) is 0 Å². The summed E-state index contributed by atoms with van der Waals surface area (Å²) in [5, 5.41) is 0. The number of rotatable bonds is 4. The van der Waals surface area contributed by atoms with Gasteiger partial charge in [-0.1, -0.05) is 6.07 Å². The van der Waals surface area contributed by atoms with E-state index in [0.29, 0.717) is 6.42 Å². The Hall–Kier alpha value is -1.26. The van der Waals surface area contributed by atoms with Crippen LogP contribution in [0.4, 0.5) is 0 Å². The Balaban J connectivity index is 2.12. The maximum atomic E-state index is 11.5. The van der Waals surface area contributed by atoms with Crippen molar-refractivity contribution in [2.24, 2.45) is 0 Å². The zero-order valence-corrected chi connectivity index (χ0v) is 11.2. The van der Waals surface area contributed by atoms with Gasteiger partial charge in [0.1, 0.15) is 5.78 Å². The van der Waals surface area contributed by atoms with Gasteiger partial charge < -0.3 is 4.90 Å². The molecule has 2 rings (SSSR count). The molecular weight excluding hydrogens is 226 g/mol. The van der Waals surface area contributed by atoms with Crippen LogP contribution in [-0.4, -0.2) is 53.8 Å².